The van der Waals surface area contributed by atoms with Crippen LogP contribution in [0.2, 0.25) is 0 Å². The number of carbonyl (C=O) groups excluding carboxylic acids is 3. The quantitative estimate of drug-likeness (QED) is 0.773. The number of amides is 2. The maximum atomic E-state index is 13.2. The fourth-order valence-electron chi connectivity index (χ4n) is 1.98. The van der Waals surface area contributed by atoms with Gasteiger partial charge in [0.15, 0.2) is 0 Å². The van der Waals surface area contributed by atoms with Crippen LogP contribution in [0, 0.1) is 12.7 Å². The highest BCUT2D eigenvalue weighted by molar-refractivity contribution is 6.52. The molecule has 0 aromatic heterocycles. The maximum absolute atomic E-state index is 13.2. The Labute approximate surface area is 103 Å². The Kier molecular flexibility index (Phi) is 2.86. The number of hydrogen-bond acceptors (Lipinski definition) is 3. The lowest BCUT2D eigenvalue weighted by Gasteiger charge is -2.17. The Morgan fingerprint density at radius 2 is 2.06 bits per heavy atom. The molecule has 0 fully saturated rings. The van der Waals surface area contributed by atoms with Crippen LogP contribution in [-0.4, -0.2) is 31.2 Å². The highest BCUT2D eigenvalue weighted by atomic mass is 19.1. The summed E-state index contributed by atoms with van der Waals surface area (Å²) in [5, 5.41) is 2.37. The molecule has 0 unspecified atom stereocenters. The van der Waals surface area contributed by atoms with Crippen LogP contribution in [0.3, 0.4) is 0 Å². The molecule has 1 heterocycles. The number of rotatable bonds is 2. The third-order valence-electron chi connectivity index (χ3n) is 2.80. The predicted molar refractivity (Wildman–Crippen MR) is 61.9 cm³/mol. The van der Waals surface area contributed by atoms with Gasteiger partial charge in [0, 0.05) is 7.05 Å². The van der Waals surface area contributed by atoms with Gasteiger partial charge in [-0.05, 0) is 24.6 Å². The maximum Gasteiger partial charge on any atom is 0.299 e. The molecule has 6 heteroatoms. The van der Waals surface area contributed by atoms with Crippen LogP contribution in [0.5, 0.6) is 0 Å². The van der Waals surface area contributed by atoms with E-state index in [9.17, 15) is 18.8 Å². The van der Waals surface area contributed by atoms with E-state index in [1.807, 2.05) is 0 Å². The second kappa shape index (κ2) is 4.21. The zero-order valence-corrected chi connectivity index (χ0v) is 9.91. The van der Waals surface area contributed by atoms with Crippen LogP contribution in [-0.2, 0) is 9.59 Å². The summed E-state index contributed by atoms with van der Waals surface area (Å²) in [6, 6.07) is 2.24. The number of benzene rings is 1. The summed E-state index contributed by atoms with van der Waals surface area (Å²) in [6.07, 6.45) is 0. The molecule has 1 aliphatic heterocycles. The van der Waals surface area contributed by atoms with E-state index in [1.54, 1.807) is 6.92 Å². The van der Waals surface area contributed by atoms with Gasteiger partial charge >= 0.3 is 0 Å². The van der Waals surface area contributed by atoms with E-state index < -0.39 is 23.4 Å². The fourth-order valence-corrected chi connectivity index (χ4v) is 1.98. The number of fused-ring (bicyclic) bond motifs is 1. The Hall–Kier alpha value is -2.24. The SMILES string of the molecule is CNC(=O)CN1C(=O)C(=O)c2cc(F)cc(C)c21. The number of halogens is 1. The van der Waals surface area contributed by atoms with Crippen molar-refractivity contribution in [2.45, 2.75) is 6.92 Å². The van der Waals surface area contributed by atoms with Crippen molar-refractivity contribution in [2.24, 2.45) is 0 Å². The van der Waals surface area contributed by atoms with Crippen LogP contribution in [0.1, 0.15) is 15.9 Å². The number of nitrogens with zero attached hydrogens (tertiary/aromatic N) is 1. The molecule has 18 heavy (non-hydrogen) atoms. The van der Waals surface area contributed by atoms with Gasteiger partial charge in [0.25, 0.3) is 11.7 Å². The van der Waals surface area contributed by atoms with Crippen molar-refractivity contribution >= 4 is 23.3 Å². The molecule has 0 aliphatic carbocycles. The van der Waals surface area contributed by atoms with Crippen molar-refractivity contribution in [3.05, 3.63) is 29.1 Å². The molecular formula is C12H11FN2O3. The van der Waals surface area contributed by atoms with Crippen LogP contribution in [0.25, 0.3) is 0 Å². The molecule has 0 atom stereocenters. The summed E-state index contributed by atoms with van der Waals surface area (Å²) >= 11 is 0. The van der Waals surface area contributed by atoms with Gasteiger partial charge in [-0.2, -0.15) is 0 Å². The molecule has 1 aliphatic rings. The van der Waals surface area contributed by atoms with Gasteiger partial charge in [0.1, 0.15) is 12.4 Å². The van der Waals surface area contributed by atoms with E-state index in [2.05, 4.69) is 5.32 Å². The summed E-state index contributed by atoms with van der Waals surface area (Å²) in [7, 11) is 1.43. The van der Waals surface area contributed by atoms with Crippen LogP contribution in [0.4, 0.5) is 10.1 Å². The molecule has 2 rings (SSSR count). The number of aryl methyl sites for hydroxylation is 1. The third-order valence-corrected chi connectivity index (χ3v) is 2.80. The van der Waals surface area contributed by atoms with Crippen molar-refractivity contribution in [3.8, 4) is 0 Å². The topological polar surface area (TPSA) is 66.5 Å². The van der Waals surface area contributed by atoms with E-state index in [0.29, 0.717) is 11.3 Å². The summed E-state index contributed by atoms with van der Waals surface area (Å²) in [6.45, 7) is 1.34. The number of ketones is 1. The lowest BCUT2D eigenvalue weighted by molar-refractivity contribution is -0.121. The van der Waals surface area contributed by atoms with Gasteiger partial charge in [-0.3, -0.25) is 19.3 Å². The van der Waals surface area contributed by atoms with Gasteiger partial charge in [0.05, 0.1) is 11.3 Å². The first-order valence-corrected chi connectivity index (χ1v) is 5.32. The van der Waals surface area contributed by atoms with Crippen molar-refractivity contribution in [1.82, 2.24) is 5.32 Å². The Morgan fingerprint density at radius 1 is 1.39 bits per heavy atom. The van der Waals surface area contributed by atoms with Crippen molar-refractivity contribution in [3.63, 3.8) is 0 Å². The Morgan fingerprint density at radius 3 is 2.67 bits per heavy atom. The van der Waals surface area contributed by atoms with Gasteiger partial charge in [0.2, 0.25) is 5.91 Å². The second-order valence-corrected chi connectivity index (χ2v) is 4.01. The number of anilines is 1. The van der Waals surface area contributed by atoms with E-state index in [4.69, 9.17) is 0 Å². The Balaban J connectivity index is 2.51. The highest BCUT2D eigenvalue weighted by Gasteiger charge is 2.38. The number of likely N-dealkylation sites (N-methyl/N-ethyl adjacent to an activating group) is 1. The summed E-state index contributed by atoms with van der Waals surface area (Å²) in [4.78, 5) is 35.8. The molecule has 5 nitrogen and oxygen atoms in total. The molecule has 0 bridgehead atoms. The predicted octanol–water partition coefficient (Wildman–Crippen LogP) is 0.409. The number of Topliss-reactive ketones (excluding diaryl/α,β-unsaturated/α-hetero) is 1. The van der Waals surface area contributed by atoms with Crippen molar-refractivity contribution in [1.29, 1.82) is 0 Å². The van der Waals surface area contributed by atoms with E-state index in [0.717, 1.165) is 11.0 Å². The van der Waals surface area contributed by atoms with Gasteiger partial charge in [-0.15, -0.1) is 0 Å². The normalized spacial score (nSPS) is 13.8. The first-order chi connectivity index (χ1) is 8.45. The molecule has 0 saturated carbocycles. The minimum Gasteiger partial charge on any atom is -0.358 e. The van der Waals surface area contributed by atoms with Gasteiger partial charge < -0.3 is 5.32 Å². The monoisotopic (exact) mass is 250 g/mol. The van der Waals surface area contributed by atoms with E-state index in [-0.39, 0.29) is 12.1 Å². The minimum absolute atomic E-state index is 0.0152. The van der Waals surface area contributed by atoms with Crippen molar-refractivity contribution in [2.75, 3.05) is 18.5 Å². The molecule has 0 radical (unpaired) electrons. The summed E-state index contributed by atoms with van der Waals surface area (Å²) in [5.74, 6) is -2.55. The lowest BCUT2D eigenvalue weighted by Crippen LogP contribution is -2.39. The molecular weight excluding hydrogens is 239 g/mol. The number of hydrogen-bond donors (Lipinski definition) is 1. The number of carbonyl (C=O) groups is 3. The lowest BCUT2D eigenvalue weighted by atomic mass is 10.1. The molecule has 2 amide bonds. The first kappa shape index (κ1) is 12.2. The van der Waals surface area contributed by atoms with Gasteiger partial charge in [-0.1, -0.05) is 0 Å². The second-order valence-electron chi connectivity index (χ2n) is 4.01. The summed E-state index contributed by atoms with van der Waals surface area (Å²) < 4.78 is 13.2. The van der Waals surface area contributed by atoms with E-state index >= 15 is 0 Å². The molecule has 0 saturated heterocycles. The smallest absolute Gasteiger partial charge is 0.299 e. The first-order valence-electron chi connectivity index (χ1n) is 5.32. The fraction of sp³-hybridized carbons (Fsp3) is 0.250. The molecule has 1 aromatic carbocycles. The largest absolute Gasteiger partial charge is 0.358 e. The number of nitrogens with one attached hydrogen (secondary N) is 1. The molecule has 1 N–H and O–H groups in total. The average molecular weight is 250 g/mol. The van der Waals surface area contributed by atoms with E-state index in [1.165, 1.54) is 13.1 Å². The average Bonchev–Trinajstić information content (AvgIpc) is 2.54. The zero-order valence-electron chi connectivity index (χ0n) is 9.91. The van der Waals surface area contributed by atoms with Crippen molar-refractivity contribution < 1.29 is 18.8 Å². The third kappa shape index (κ3) is 1.75. The van der Waals surface area contributed by atoms with Gasteiger partial charge in [-0.25, -0.2) is 4.39 Å². The zero-order chi connectivity index (χ0) is 13.4. The van der Waals surface area contributed by atoms with Crippen LogP contribution < -0.4 is 10.2 Å². The van der Waals surface area contributed by atoms with Crippen LogP contribution in [0.15, 0.2) is 12.1 Å². The Bertz CT molecular complexity index is 569. The highest BCUT2D eigenvalue weighted by Crippen LogP contribution is 2.32. The molecule has 0 spiro atoms. The molecule has 94 valence electrons. The van der Waals surface area contributed by atoms with Crippen LogP contribution >= 0.6 is 0 Å². The standard InChI is InChI=1S/C12H11FN2O3/c1-6-3-7(13)4-8-10(6)15(5-9(16)14-2)12(18)11(8)17/h3-4H,5H2,1-2H3,(H,14,16). The summed E-state index contributed by atoms with van der Waals surface area (Å²) in [5.41, 5.74) is 0.782. The minimum atomic E-state index is -0.803. The molecule has 1 aromatic rings.